The van der Waals surface area contributed by atoms with Crippen LogP contribution in [0, 0.1) is 0 Å². The molecule has 0 fully saturated rings. The van der Waals surface area contributed by atoms with Crippen molar-refractivity contribution in [1.82, 2.24) is 9.62 Å². The summed E-state index contributed by atoms with van der Waals surface area (Å²) in [5.74, 6) is -0.488. The first-order valence-electron chi connectivity index (χ1n) is 7.55. The number of ether oxygens (including phenoxy) is 1. The number of nitrogens with two attached hydrogens (primary N) is 1. The van der Waals surface area contributed by atoms with Gasteiger partial charge in [0.15, 0.2) is 0 Å². The van der Waals surface area contributed by atoms with Crippen molar-refractivity contribution in [1.29, 1.82) is 0 Å². The lowest BCUT2D eigenvalue weighted by atomic mass is 10.2. The van der Waals surface area contributed by atoms with E-state index in [0.29, 0.717) is 13.0 Å². The molecular weight excluding hydrogens is 318 g/mol. The van der Waals surface area contributed by atoms with E-state index in [1.54, 1.807) is 0 Å². The quantitative estimate of drug-likeness (QED) is 0.612. The van der Waals surface area contributed by atoms with Crippen LogP contribution in [-0.4, -0.2) is 52.5 Å². The SMILES string of the molecule is CCN(CC)CCCNS(=O)(=O)c1ccc(OC)c(C(N)=O)c1. The van der Waals surface area contributed by atoms with Gasteiger partial charge < -0.3 is 15.4 Å². The predicted octanol–water partition coefficient (Wildman–Crippen LogP) is 0.804. The number of sulfonamides is 1. The Morgan fingerprint density at radius 3 is 2.48 bits per heavy atom. The highest BCUT2D eigenvalue weighted by Crippen LogP contribution is 2.21. The average Bonchev–Trinajstić information content (AvgIpc) is 2.54. The zero-order chi connectivity index (χ0) is 17.5. The minimum atomic E-state index is -3.68. The molecule has 0 bridgehead atoms. The molecule has 0 aliphatic carbocycles. The monoisotopic (exact) mass is 343 g/mol. The number of hydrogen-bond acceptors (Lipinski definition) is 5. The summed E-state index contributed by atoms with van der Waals surface area (Å²) in [6.07, 6.45) is 0.708. The Bertz CT molecular complexity index is 628. The Hall–Kier alpha value is -1.64. The number of methoxy groups -OCH3 is 1. The standard InChI is InChI=1S/C15H25N3O4S/c1-4-18(5-2)10-6-9-17-23(20,21)12-7-8-14(22-3)13(11-12)15(16)19/h7-8,11,17H,4-6,9-10H2,1-3H3,(H2,16,19). The molecule has 0 unspecified atom stereocenters. The van der Waals surface area contributed by atoms with E-state index in [1.807, 2.05) is 0 Å². The molecule has 3 N–H and O–H groups in total. The van der Waals surface area contributed by atoms with Crippen molar-refractivity contribution in [2.24, 2.45) is 5.73 Å². The van der Waals surface area contributed by atoms with Crippen LogP contribution in [0.2, 0.25) is 0 Å². The van der Waals surface area contributed by atoms with Gasteiger partial charge in [-0.2, -0.15) is 0 Å². The van der Waals surface area contributed by atoms with Gasteiger partial charge in [0.2, 0.25) is 10.0 Å². The minimum Gasteiger partial charge on any atom is -0.496 e. The van der Waals surface area contributed by atoms with Gasteiger partial charge in [0.05, 0.1) is 17.6 Å². The third-order valence-corrected chi connectivity index (χ3v) is 5.04. The highest BCUT2D eigenvalue weighted by atomic mass is 32.2. The Kier molecular flexibility index (Phi) is 7.47. The maximum atomic E-state index is 12.3. The van der Waals surface area contributed by atoms with Gasteiger partial charge in [0, 0.05) is 6.54 Å². The molecule has 0 aromatic heterocycles. The largest absolute Gasteiger partial charge is 0.496 e. The number of nitrogens with zero attached hydrogens (tertiary/aromatic N) is 1. The molecule has 1 aromatic carbocycles. The molecule has 1 rings (SSSR count). The van der Waals surface area contributed by atoms with Crippen molar-refractivity contribution in [2.75, 3.05) is 33.3 Å². The molecular formula is C15H25N3O4S. The fourth-order valence-electron chi connectivity index (χ4n) is 2.18. The molecule has 0 aliphatic heterocycles. The second kappa shape index (κ2) is 8.85. The summed E-state index contributed by atoms with van der Waals surface area (Å²) in [6, 6.07) is 4.04. The van der Waals surface area contributed by atoms with Crippen LogP contribution < -0.4 is 15.2 Å². The van der Waals surface area contributed by atoms with Gasteiger partial charge >= 0.3 is 0 Å². The van der Waals surface area contributed by atoms with Crippen molar-refractivity contribution in [3.8, 4) is 5.75 Å². The molecule has 0 spiro atoms. The molecule has 0 heterocycles. The molecule has 0 aliphatic rings. The number of primary amides is 1. The number of benzene rings is 1. The van der Waals surface area contributed by atoms with E-state index in [-0.39, 0.29) is 16.2 Å². The van der Waals surface area contributed by atoms with Crippen molar-refractivity contribution < 1.29 is 17.9 Å². The van der Waals surface area contributed by atoms with Gasteiger partial charge in [0.25, 0.3) is 5.91 Å². The summed E-state index contributed by atoms with van der Waals surface area (Å²) < 4.78 is 32.1. The number of hydrogen-bond donors (Lipinski definition) is 2. The lowest BCUT2D eigenvalue weighted by Gasteiger charge is -2.17. The molecule has 7 nitrogen and oxygen atoms in total. The normalized spacial score (nSPS) is 11.7. The first-order valence-corrected chi connectivity index (χ1v) is 9.03. The molecule has 0 saturated carbocycles. The van der Waals surface area contributed by atoms with Crippen LogP contribution >= 0.6 is 0 Å². The Morgan fingerprint density at radius 2 is 1.96 bits per heavy atom. The van der Waals surface area contributed by atoms with Gasteiger partial charge in [-0.3, -0.25) is 4.79 Å². The van der Waals surface area contributed by atoms with Gasteiger partial charge in [-0.15, -0.1) is 0 Å². The second-order valence-corrected chi connectivity index (χ2v) is 6.77. The third-order valence-electron chi connectivity index (χ3n) is 3.58. The van der Waals surface area contributed by atoms with Gasteiger partial charge in [-0.05, 0) is 44.3 Å². The number of amides is 1. The second-order valence-electron chi connectivity index (χ2n) is 5.00. The molecule has 0 saturated heterocycles. The number of carbonyl (C=O) groups is 1. The molecule has 0 atom stereocenters. The summed E-state index contributed by atoms with van der Waals surface area (Å²) >= 11 is 0. The van der Waals surface area contributed by atoms with E-state index in [0.717, 1.165) is 19.6 Å². The van der Waals surface area contributed by atoms with Crippen LogP contribution in [0.4, 0.5) is 0 Å². The molecule has 23 heavy (non-hydrogen) atoms. The Labute approximate surface area is 137 Å². The zero-order valence-corrected chi connectivity index (χ0v) is 14.6. The van der Waals surface area contributed by atoms with E-state index in [9.17, 15) is 13.2 Å². The lowest BCUT2D eigenvalue weighted by Crippen LogP contribution is -2.30. The highest BCUT2D eigenvalue weighted by Gasteiger charge is 2.18. The molecule has 130 valence electrons. The van der Waals surface area contributed by atoms with Crippen LogP contribution in [-0.2, 0) is 10.0 Å². The first-order chi connectivity index (χ1) is 10.9. The fraction of sp³-hybridized carbons (Fsp3) is 0.533. The summed E-state index contributed by atoms with van der Waals surface area (Å²) in [7, 11) is -2.29. The van der Waals surface area contributed by atoms with Gasteiger partial charge in [0.1, 0.15) is 5.75 Å². The van der Waals surface area contributed by atoms with Crippen LogP contribution in [0.5, 0.6) is 5.75 Å². The van der Waals surface area contributed by atoms with Crippen LogP contribution in [0.1, 0.15) is 30.6 Å². The number of nitrogens with one attached hydrogen (secondary N) is 1. The maximum absolute atomic E-state index is 12.3. The van der Waals surface area contributed by atoms with Crippen molar-refractivity contribution in [3.63, 3.8) is 0 Å². The Balaban J connectivity index is 2.77. The summed E-state index contributed by atoms with van der Waals surface area (Å²) in [5.41, 5.74) is 5.29. The number of carbonyl (C=O) groups excluding carboxylic acids is 1. The Morgan fingerprint density at radius 1 is 1.30 bits per heavy atom. The van der Waals surface area contributed by atoms with Gasteiger partial charge in [-0.25, -0.2) is 13.1 Å². The topological polar surface area (TPSA) is 102 Å². The third kappa shape index (κ3) is 5.49. The fourth-order valence-corrected chi connectivity index (χ4v) is 3.28. The van der Waals surface area contributed by atoms with E-state index in [2.05, 4.69) is 23.5 Å². The van der Waals surface area contributed by atoms with Crippen LogP contribution in [0.15, 0.2) is 23.1 Å². The summed E-state index contributed by atoms with van der Waals surface area (Å²) in [4.78, 5) is 13.6. The minimum absolute atomic E-state index is 0.00469. The van der Waals surface area contributed by atoms with Crippen LogP contribution in [0.25, 0.3) is 0 Å². The smallest absolute Gasteiger partial charge is 0.252 e. The van der Waals surface area contributed by atoms with Crippen LogP contribution in [0.3, 0.4) is 0 Å². The van der Waals surface area contributed by atoms with E-state index >= 15 is 0 Å². The van der Waals surface area contributed by atoms with E-state index in [4.69, 9.17) is 10.5 Å². The zero-order valence-electron chi connectivity index (χ0n) is 13.8. The van der Waals surface area contributed by atoms with Gasteiger partial charge in [-0.1, -0.05) is 13.8 Å². The van der Waals surface area contributed by atoms with Crippen molar-refractivity contribution >= 4 is 15.9 Å². The molecule has 0 radical (unpaired) electrons. The molecule has 1 aromatic rings. The molecule has 1 amide bonds. The first kappa shape index (κ1) is 19.4. The highest BCUT2D eigenvalue weighted by molar-refractivity contribution is 7.89. The number of rotatable bonds is 10. The van der Waals surface area contributed by atoms with E-state index in [1.165, 1.54) is 25.3 Å². The maximum Gasteiger partial charge on any atom is 0.252 e. The lowest BCUT2D eigenvalue weighted by molar-refractivity contribution is 0.0997. The molecule has 8 heteroatoms. The van der Waals surface area contributed by atoms with Crippen molar-refractivity contribution in [2.45, 2.75) is 25.2 Å². The van der Waals surface area contributed by atoms with Crippen molar-refractivity contribution in [3.05, 3.63) is 23.8 Å². The average molecular weight is 343 g/mol. The summed E-state index contributed by atoms with van der Waals surface area (Å²) in [6.45, 7) is 7.15. The predicted molar refractivity (Wildman–Crippen MR) is 89.1 cm³/mol. The summed E-state index contributed by atoms with van der Waals surface area (Å²) in [5, 5.41) is 0. The van der Waals surface area contributed by atoms with E-state index < -0.39 is 15.9 Å².